The van der Waals surface area contributed by atoms with Crippen LogP contribution in [-0.4, -0.2) is 38.0 Å². The molecule has 64 valence electrons. The molecule has 0 spiro atoms. The second-order valence-electron chi connectivity index (χ2n) is 2.24. The molecule has 7 heteroatoms. The van der Waals surface area contributed by atoms with E-state index < -0.39 is 13.1 Å². The summed E-state index contributed by atoms with van der Waals surface area (Å²) in [6.07, 6.45) is 2.46. The van der Waals surface area contributed by atoms with Gasteiger partial charge in [-0.05, 0) is 0 Å². The normalized spacial score (nSPS) is 9.83. The molecule has 0 bridgehead atoms. The van der Waals surface area contributed by atoms with E-state index in [1.165, 1.54) is 12.4 Å². The van der Waals surface area contributed by atoms with Gasteiger partial charge in [0.25, 0.3) is 0 Å². The Morgan fingerprint density at radius 3 is 2.75 bits per heavy atom. The standard InChI is InChI=1S/C5H7BN2O4/c9-5(10)3-8-2-4(1-7-8)6(11)12/h1-2,11-12H,3H2,(H,9,10). The highest BCUT2D eigenvalue weighted by molar-refractivity contribution is 6.58. The number of carboxylic acids is 1. The first-order valence-electron chi connectivity index (χ1n) is 3.20. The van der Waals surface area contributed by atoms with Crippen molar-refractivity contribution in [2.45, 2.75) is 6.54 Å². The van der Waals surface area contributed by atoms with Crippen LogP contribution in [0.2, 0.25) is 0 Å². The van der Waals surface area contributed by atoms with Crippen LogP contribution in [0.15, 0.2) is 12.4 Å². The molecule has 0 aliphatic rings. The Kier molecular flexibility index (Phi) is 2.46. The van der Waals surface area contributed by atoms with Gasteiger partial charge in [0.1, 0.15) is 6.54 Å². The lowest BCUT2D eigenvalue weighted by atomic mass is 9.83. The zero-order chi connectivity index (χ0) is 9.14. The van der Waals surface area contributed by atoms with E-state index in [-0.39, 0.29) is 12.0 Å². The molecule has 6 nitrogen and oxygen atoms in total. The van der Waals surface area contributed by atoms with Crippen LogP contribution in [0.4, 0.5) is 0 Å². The number of carbonyl (C=O) groups is 1. The van der Waals surface area contributed by atoms with Crippen molar-refractivity contribution in [1.29, 1.82) is 0 Å². The molecule has 0 unspecified atom stereocenters. The fourth-order valence-corrected chi connectivity index (χ4v) is 0.738. The van der Waals surface area contributed by atoms with Crippen molar-refractivity contribution in [1.82, 2.24) is 9.78 Å². The largest absolute Gasteiger partial charge is 0.491 e. The Bertz CT molecular complexity index is 285. The van der Waals surface area contributed by atoms with Gasteiger partial charge in [0, 0.05) is 17.9 Å². The van der Waals surface area contributed by atoms with E-state index in [0.717, 1.165) is 4.68 Å². The van der Waals surface area contributed by atoms with E-state index in [1.54, 1.807) is 0 Å². The minimum Gasteiger partial charge on any atom is -0.480 e. The lowest BCUT2D eigenvalue weighted by Crippen LogP contribution is -2.28. The molecule has 0 aliphatic carbocycles. The van der Waals surface area contributed by atoms with Gasteiger partial charge in [-0.2, -0.15) is 5.10 Å². The van der Waals surface area contributed by atoms with Gasteiger partial charge in [-0.1, -0.05) is 0 Å². The Balaban J connectivity index is 2.70. The number of aliphatic carboxylic acids is 1. The Morgan fingerprint density at radius 2 is 2.33 bits per heavy atom. The van der Waals surface area contributed by atoms with Gasteiger partial charge in [0.05, 0.1) is 0 Å². The van der Waals surface area contributed by atoms with Gasteiger partial charge in [0.2, 0.25) is 0 Å². The lowest BCUT2D eigenvalue weighted by molar-refractivity contribution is -0.137. The van der Waals surface area contributed by atoms with Crippen LogP contribution in [-0.2, 0) is 11.3 Å². The molecule has 1 rings (SSSR count). The average Bonchev–Trinajstić information content (AvgIpc) is 2.34. The van der Waals surface area contributed by atoms with Crippen molar-refractivity contribution < 1.29 is 19.9 Å². The second kappa shape index (κ2) is 3.37. The van der Waals surface area contributed by atoms with Crippen LogP contribution in [0.3, 0.4) is 0 Å². The predicted molar refractivity (Wildman–Crippen MR) is 39.7 cm³/mol. The van der Waals surface area contributed by atoms with Gasteiger partial charge in [0.15, 0.2) is 0 Å². The van der Waals surface area contributed by atoms with E-state index >= 15 is 0 Å². The zero-order valence-electron chi connectivity index (χ0n) is 6.08. The minimum absolute atomic E-state index is 0.177. The maximum atomic E-state index is 10.2. The van der Waals surface area contributed by atoms with Crippen molar-refractivity contribution >= 4 is 18.6 Å². The van der Waals surface area contributed by atoms with Crippen molar-refractivity contribution in [2.75, 3.05) is 0 Å². The molecule has 0 saturated carbocycles. The fourth-order valence-electron chi connectivity index (χ4n) is 0.738. The van der Waals surface area contributed by atoms with Crippen LogP contribution in [0, 0.1) is 0 Å². The van der Waals surface area contributed by atoms with E-state index in [2.05, 4.69) is 5.10 Å². The summed E-state index contributed by atoms with van der Waals surface area (Å²) in [5.41, 5.74) is 0.177. The zero-order valence-corrected chi connectivity index (χ0v) is 6.08. The molecule has 1 heterocycles. The summed E-state index contributed by atoms with van der Waals surface area (Å²) in [6.45, 7) is -0.285. The summed E-state index contributed by atoms with van der Waals surface area (Å²) in [5.74, 6) is -1.03. The number of hydrogen-bond donors (Lipinski definition) is 3. The van der Waals surface area contributed by atoms with Gasteiger partial charge in [-0.25, -0.2) is 0 Å². The first kappa shape index (κ1) is 8.76. The van der Waals surface area contributed by atoms with E-state index in [1.807, 2.05) is 0 Å². The third-order valence-electron chi connectivity index (χ3n) is 1.25. The summed E-state index contributed by atoms with van der Waals surface area (Å²) in [6, 6.07) is 0. The molecule has 1 aromatic heterocycles. The molecule has 3 N–H and O–H groups in total. The molecule has 12 heavy (non-hydrogen) atoms. The SMILES string of the molecule is O=C(O)Cn1cc(B(O)O)cn1. The second-order valence-corrected chi connectivity index (χ2v) is 2.24. The summed E-state index contributed by atoms with van der Waals surface area (Å²) >= 11 is 0. The number of carboxylic acid groups (broad SMARTS) is 1. The van der Waals surface area contributed by atoms with Crippen LogP contribution in [0.5, 0.6) is 0 Å². The molecular weight excluding hydrogens is 163 g/mol. The quantitative estimate of drug-likeness (QED) is 0.441. The maximum absolute atomic E-state index is 10.2. The summed E-state index contributed by atoms with van der Waals surface area (Å²) in [7, 11) is -1.60. The Hall–Kier alpha value is -1.34. The van der Waals surface area contributed by atoms with Crippen molar-refractivity contribution in [2.24, 2.45) is 0 Å². The van der Waals surface area contributed by atoms with Crippen LogP contribution in [0.25, 0.3) is 0 Å². The predicted octanol–water partition coefficient (Wildman–Crippen LogP) is -2.35. The van der Waals surface area contributed by atoms with E-state index in [9.17, 15) is 4.79 Å². The highest BCUT2D eigenvalue weighted by atomic mass is 16.4. The van der Waals surface area contributed by atoms with E-state index in [0.29, 0.717) is 0 Å². The topological polar surface area (TPSA) is 95.6 Å². The Labute approximate surface area is 68.2 Å². The first-order chi connectivity index (χ1) is 5.59. The smallest absolute Gasteiger partial charge is 0.480 e. The highest BCUT2D eigenvalue weighted by Crippen LogP contribution is 1.83. The molecule has 0 amide bonds. The molecule has 0 fully saturated rings. The number of aromatic nitrogens is 2. The van der Waals surface area contributed by atoms with Crippen molar-refractivity contribution in [3.63, 3.8) is 0 Å². The van der Waals surface area contributed by atoms with Crippen molar-refractivity contribution in [3.8, 4) is 0 Å². The minimum atomic E-state index is -1.60. The Morgan fingerprint density at radius 1 is 1.67 bits per heavy atom. The molecule has 0 aromatic carbocycles. The van der Waals surface area contributed by atoms with Crippen LogP contribution in [0.1, 0.15) is 0 Å². The number of nitrogens with zero attached hydrogens (tertiary/aromatic N) is 2. The molecule has 1 aromatic rings. The lowest BCUT2D eigenvalue weighted by Gasteiger charge is -1.93. The fraction of sp³-hybridized carbons (Fsp3) is 0.200. The van der Waals surface area contributed by atoms with Gasteiger partial charge in [-0.3, -0.25) is 9.48 Å². The number of rotatable bonds is 3. The summed E-state index contributed by atoms with van der Waals surface area (Å²) in [4.78, 5) is 10.2. The first-order valence-corrected chi connectivity index (χ1v) is 3.20. The van der Waals surface area contributed by atoms with Gasteiger partial charge in [-0.15, -0.1) is 0 Å². The van der Waals surface area contributed by atoms with Crippen LogP contribution < -0.4 is 5.46 Å². The van der Waals surface area contributed by atoms with Crippen molar-refractivity contribution in [3.05, 3.63) is 12.4 Å². The molecule has 0 saturated heterocycles. The van der Waals surface area contributed by atoms with Crippen LogP contribution >= 0.6 is 0 Å². The number of hydrogen-bond acceptors (Lipinski definition) is 4. The molecule has 0 aliphatic heterocycles. The molecule has 0 radical (unpaired) electrons. The van der Waals surface area contributed by atoms with Gasteiger partial charge < -0.3 is 15.2 Å². The molecular formula is C5H7BN2O4. The maximum Gasteiger partial charge on any atom is 0.491 e. The summed E-state index contributed by atoms with van der Waals surface area (Å²) in [5, 5.41) is 29.2. The average molecular weight is 170 g/mol. The third kappa shape index (κ3) is 2.07. The van der Waals surface area contributed by atoms with Gasteiger partial charge >= 0.3 is 13.1 Å². The highest BCUT2D eigenvalue weighted by Gasteiger charge is 2.13. The monoisotopic (exact) mass is 170 g/mol. The summed E-state index contributed by atoms with van der Waals surface area (Å²) < 4.78 is 1.11. The third-order valence-corrected chi connectivity index (χ3v) is 1.25. The van der Waals surface area contributed by atoms with E-state index in [4.69, 9.17) is 15.2 Å². The molecule has 0 atom stereocenters.